The molecule has 0 unspecified atom stereocenters. The molecule has 0 saturated carbocycles. The molecular weight excluding hydrogens is 240 g/mol. The van der Waals surface area contributed by atoms with E-state index in [2.05, 4.69) is 4.98 Å². The Hall–Kier alpha value is -1.03. The van der Waals surface area contributed by atoms with Crippen molar-refractivity contribution in [1.29, 1.82) is 0 Å². The van der Waals surface area contributed by atoms with Crippen LogP contribution in [0, 0.1) is 0 Å². The van der Waals surface area contributed by atoms with Crippen LogP contribution in [0.1, 0.15) is 5.56 Å². The normalized spacial score (nSPS) is 10.4. The van der Waals surface area contributed by atoms with Gasteiger partial charge in [0.05, 0.1) is 0 Å². The standard InChI is InChI=1S/C12H11ClN2S/c13-10-1-3-11(4-2-10)16-12-7-9(8-14)5-6-15-12/h1-7H,8,14H2. The molecule has 0 bridgehead atoms. The highest BCUT2D eigenvalue weighted by molar-refractivity contribution is 7.99. The Morgan fingerprint density at radius 1 is 1.19 bits per heavy atom. The van der Waals surface area contributed by atoms with Crippen molar-refractivity contribution >= 4 is 23.4 Å². The van der Waals surface area contributed by atoms with E-state index in [1.807, 2.05) is 36.4 Å². The molecule has 2 rings (SSSR count). The van der Waals surface area contributed by atoms with Crippen molar-refractivity contribution in [2.45, 2.75) is 16.5 Å². The van der Waals surface area contributed by atoms with Crippen LogP contribution < -0.4 is 5.73 Å². The molecule has 82 valence electrons. The fraction of sp³-hybridized carbons (Fsp3) is 0.0833. The molecule has 1 aromatic carbocycles. The molecule has 2 N–H and O–H groups in total. The highest BCUT2D eigenvalue weighted by atomic mass is 35.5. The first-order valence-corrected chi connectivity index (χ1v) is 6.06. The molecule has 0 saturated heterocycles. The van der Waals surface area contributed by atoms with E-state index in [0.717, 1.165) is 20.5 Å². The summed E-state index contributed by atoms with van der Waals surface area (Å²) >= 11 is 7.42. The number of halogens is 1. The third-order valence-electron chi connectivity index (χ3n) is 2.07. The van der Waals surface area contributed by atoms with Gasteiger partial charge in [0, 0.05) is 22.7 Å². The Labute approximate surface area is 104 Å². The Bertz CT molecular complexity index is 471. The average molecular weight is 251 g/mol. The van der Waals surface area contributed by atoms with Crippen molar-refractivity contribution in [2.24, 2.45) is 5.73 Å². The second kappa shape index (κ2) is 5.34. The van der Waals surface area contributed by atoms with E-state index in [-0.39, 0.29) is 0 Å². The molecule has 4 heteroatoms. The third-order valence-corrected chi connectivity index (χ3v) is 3.26. The lowest BCUT2D eigenvalue weighted by molar-refractivity contribution is 1.02. The van der Waals surface area contributed by atoms with Crippen LogP contribution in [0.3, 0.4) is 0 Å². The van der Waals surface area contributed by atoms with Gasteiger partial charge < -0.3 is 5.73 Å². The topological polar surface area (TPSA) is 38.9 Å². The molecule has 0 spiro atoms. The van der Waals surface area contributed by atoms with Crippen LogP contribution in [0.25, 0.3) is 0 Å². The second-order valence-electron chi connectivity index (χ2n) is 3.26. The lowest BCUT2D eigenvalue weighted by Crippen LogP contribution is -1.96. The lowest BCUT2D eigenvalue weighted by Gasteiger charge is -2.02. The smallest absolute Gasteiger partial charge is 0.101 e. The number of pyridine rings is 1. The number of rotatable bonds is 3. The summed E-state index contributed by atoms with van der Waals surface area (Å²) in [5, 5.41) is 1.69. The van der Waals surface area contributed by atoms with Crippen LogP contribution in [-0.2, 0) is 6.54 Å². The summed E-state index contributed by atoms with van der Waals surface area (Å²) in [5.41, 5.74) is 6.67. The Kier molecular flexibility index (Phi) is 3.83. The van der Waals surface area contributed by atoms with Crippen molar-refractivity contribution in [1.82, 2.24) is 4.98 Å². The molecule has 2 aromatic rings. The highest BCUT2D eigenvalue weighted by Crippen LogP contribution is 2.27. The molecule has 0 amide bonds. The zero-order valence-electron chi connectivity index (χ0n) is 8.56. The van der Waals surface area contributed by atoms with E-state index in [9.17, 15) is 0 Å². The van der Waals surface area contributed by atoms with E-state index in [1.54, 1.807) is 18.0 Å². The molecule has 0 atom stereocenters. The molecule has 0 radical (unpaired) electrons. The molecule has 1 aromatic heterocycles. The highest BCUT2D eigenvalue weighted by Gasteiger charge is 1.99. The second-order valence-corrected chi connectivity index (χ2v) is 4.79. The summed E-state index contributed by atoms with van der Waals surface area (Å²) in [6.07, 6.45) is 1.78. The third kappa shape index (κ3) is 2.98. The minimum Gasteiger partial charge on any atom is -0.326 e. The van der Waals surface area contributed by atoms with Crippen molar-refractivity contribution < 1.29 is 0 Å². The Morgan fingerprint density at radius 3 is 2.62 bits per heavy atom. The quantitative estimate of drug-likeness (QED) is 0.908. The zero-order chi connectivity index (χ0) is 11.4. The van der Waals surface area contributed by atoms with Crippen molar-refractivity contribution in [2.75, 3.05) is 0 Å². The lowest BCUT2D eigenvalue weighted by atomic mass is 10.3. The van der Waals surface area contributed by atoms with Gasteiger partial charge in [-0.2, -0.15) is 0 Å². The molecule has 1 heterocycles. The first-order chi connectivity index (χ1) is 7.78. The predicted octanol–water partition coefficient (Wildman–Crippen LogP) is 3.34. The Morgan fingerprint density at radius 2 is 1.94 bits per heavy atom. The summed E-state index contributed by atoms with van der Waals surface area (Å²) in [6, 6.07) is 11.6. The number of aromatic nitrogens is 1. The van der Waals surface area contributed by atoms with Crippen LogP contribution in [0.15, 0.2) is 52.5 Å². The number of nitrogens with two attached hydrogens (primary N) is 1. The molecule has 0 aliphatic rings. The monoisotopic (exact) mass is 250 g/mol. The van der Waals surface area contributed by atoms with E-state index >= 15 is 0 Å². The number of hydrogen-bond donors (Lipinski definition) is 1. The van der Waals surface area contributed by atoms with Crippen LogP contribution in [0.5, 0.6) is 0 Å². The van der Waals surface area contributed by atoms with Gasteiger partial charge in [0.2, 0.25) is 0 Å². The summed E-state index contributed by atoms with van der Waals surface area (Å²) in [7, 11) is 0. The summed E-state index contributed by atoms with van der Waals surface area (Å²) in [6.45, 7) is 0.538. The van der Waals surface area contributed by atoms with Crippen LogP contribution in [0.2, 0.25) is 5.02 Å². The largest absolute Gasteiger partial charge is 0.326 e. The van der Waals surface area contributed by atoms with E-state index in [4.69, 9.17) is 17.3 Å². The fourth-order valence-electron chi connectivity index (χ4n) is 1.26. The predicted molar refractivity (Wildman–Crippen MR) is 67.7 cm³/mol. The van der Waals surface area contributed by atoms with Crippen molar-refractivity contribution in [3.63, 3.8) is 0 Å². The van der Waals surface area contributed by atoms with Gasteiger partial charge in [0.1, 0.15) is 5.03 Å². The maximum atomic E-state index is 5.82. The molecular formula is C12H11ClN2S. The minimum absolute atomic E-state index is 0.538. The average Bonchev–Trinajstić information content (AvgIpc) is 2.32. The van der Waals surface area contributed by atoms with E-state index < -0.39 is 0 Å². The minimum atomic E-state index is 0.538. The molecule has 0 fully saturated rings. The number of hydrogen-bond acceptors (Lipinski definition) is 3. The molecule has 0 aliphatic carbocycles. The Balaban J connectivity index is 2.16. The van der Waals surface area contributed by atoms with Crippen molar-refractivity contribution in [3.05, 3.63) is 53.2 Å². The summed E-state index contributed by atoms with van der Waals surface area (Å²) in [4.78, 5) is 5.40. The first-order valence-electron chi connectivity index (χ1n) is 4.86. The number of nitrogens with zero attached hydrogens (tertiary/aromatic N) is 1. The van der Waals surface area contributed by atoms with Gasteiger partial charge in [-0.25, -0.2) is 4.98 Å². The zero-order valence-corrected chi connectivity index (χ0v) is 10.1. The maximum Gasteiger partial charge on any atom is 0.101 e. The van der Waals surface area contributed by atoms with Crippen LogP contribution in [0.4, 0.5) is 0 Å². The summed E-state index contributed by atoms with van der Waals surface area (Å²) in [5.74, 6) is 0. The van der Waals surface area contributed by atoms with E-state index in [0.29, 0.717) is 6.54 Å². The van der Waals surface area contributed by atoms with Gasteiger partial charge in [0.25, 0.3) is 0 Å². The van der Waals surface area contributed by atoms with E-state index in [1.165, 1.54) is 0 Å². The van der Waals surface area contributed by atoms with Crippen LogP contribution in [-0.4, -0.2) is 4.98 Å². The molecule has 16 heavy (non-hydrogen) atoms. The van der Waals surface area contributed by atoms with Gasteiger partial charge >= 0.3 is 0 Å². The van der Waals surface area contributed by atoms with Gasteiger partial charge in [-0.15, -0.1) is 0 Å². The van der Waals surface area contributed by atoms with Gasteiger partial charge in [-0.1, -0.05) is 23.4 Å². The first kappa shape index (κ1) is 11.5. The fourth-order valence-corrected chi connectivity index (χ4v) is 2.22. The molecule has 2 nitrogen and oxygen atoms in total. The van der Waals surface area contributed by atoms with Crippen molar-refractivity contribution in [3.8, 4) is 0 Å². The SMILES string of the molecule is NCc1ccnc(Sc2ccc(Cl)cc2)c1. The van der Waals surface area contributed by atoms with Gasteiger partial charge in [-0.3, -0.25) is 0 Å². The molecule has 0 aliphatic heterocycles. The maximum absolute atomic E-state index is 5.82. The van der Waals surface area contributed by atoms with Gasteiger partial charge in [-0.05, 0) is 42.0 Å². The van der Waals surface area contributed by atoms with Gasteiger partial charge in [0.15, 0.2) is 0 Å². The number of benzene rings is 1. The van der Waals surface area contributed by atoms with Crippen LogP contribution >= 0.6 is 23.4 Å². The summed E-state index contributed by atoms with van der Waals surface area (Å²) < 4.78 is 0.